The van der Waals surface area contributed by atoms with Crippen molar-refractivity contribution in [3.63, 3.8) is 0 Å². The molecule has 1 saturated carbocycles. The second kappa shape index (κ2) is 6.53. The molecule has 0 bridgehead atoms. The van der Waals surface area contributed by atoms with Crippen LogP contribution in [0.5, 0.6) is 0 Å². The van der Waals surface area contributed by atoms with E-state index in [4.69, 9.17) is 11.6 Å². The Hall–Kier alpha value is -0.180. The van der Waals surface area contributed by atoms with Gasteiger partial charge in [0.15, 0.2) is 0 Å². The first-order chi connectivity index (χ1) is 7.86. The molecule has 0 atom stereocenters. The van der Waals surface area contributed by atoms with Crippen LogP contribution < -0.4 is 5.32 Å². The Morgan fingerprint density at radius 3 is 2.88 bits per heavy atom. The van der Waals surface area contributed by atoms with Crippen LogP contribution in [0.1, 0.15) is 18.4 Å². The zero-order valence-corrected chi connectivity index (χ0v) is 11.0. The van der Waals surface area contributed by atoms with Crippen LogP contribution in [0.25, 0.3) is 0 Å². The summed E-state index contributed by atoms with van der Waals surface area (Å²) in [6, 6.07) is 8.09. The summed E-state index contributed by atoms with van der Waals surface area (Å²) in [7, 11) is 0. The van der Waals surface area contributed by atoms with Gasteiger partial charge in [0, 0.05) is 23.1 Å². The molecule has 0 spiro atoms. The van der Waals surface area contributed by atoms with Crippen LogP contribution in [-0.4, -0.2) is 18.8 Å². The van der Waals surface area contributed by atoms with Crippen molar-refractivity contribution in [3.05, 3.63) is 34.9 Å². The summed E-state index contributed by atoms with van der Waals surface area (Å²) in [5.74, 6) is 3.16. The quantitative estimate of drug-likeness (QED) is 0.748. The molecule has 0 saturated heterocycles. The van der Waals surface area contributed by atoms with Crippen molar-refractivity contribution in [2.24, 2.45) is 5.92 Å². The zero-order chi connectivity index (χ0) is 11.2. The number of halogens is 1. The average molecular weight is 256 g/mol. The molecular weight excluding hydrogens is 238 g/mol. The number of hydrogen-bond acceptors (Lipinski definition) is 2. The van der Waals surface area contributed by atoms with Gasteiger partial charge in [0.05, 0.1) is 0 Å². The van der Waals surface area contributed by atoms with E-state index in [0.717, 1.165) is 29.0 Å². The SMILES string of the molecule is Clc1ccccc1CSCCNCC1CC1. The molecule has 88 valence electrons. The lowest BCUT2D eigenvalue weighted by Crippen LogP contribution is -2.19. The highest BCUT2D eigenvalue weighted by Gasteiger charge is 2.19. The van der Waals surface area contributed by atoms with Crippen LogP contribution in [0.4, 0.5) is 0 Å². The molecule has 1 aliphatic carbocycles. The third kappa shape index (κ3) is 4.36. The van der Waals surface area contributed by atoms with Gasteiger partial charge >= 0.3 is 0 Å². The molecular formula is C13H18ClNS. The Labute approximate surface area is 107 Å². The van der Waals surface area contributed by atoms with Crippen LogP contribution in [0, 0.1) is 5.92 Å². The monoisotopic (exact) mass is 255 g/mol. The number of hydrogen-bond donors (Lipinski definition) is 1. The zero-order valence-electron chi connectivity index (χ0n) is 9.42. The van der Waals surface area contributed by atoms with Crippen LogP contribution >= 0.6 is 23.4 Å². The van der Waals surface area contributed by atoms with Crippen molar-refractivity contribution in [1.29, 1.82) is 0 Å². The average Bonchev–Trinajstić information content (AvgIpc) is 3.09. The Balaban J connectivity index is 1.55. The summed E-state index contributed by atoms with van der Waals surface area (Å²) in [5, 5.41) is 4.38. The minimum Gasteiger partial charge on any atom is -0.316 e. The molecule has 0 amide bonds. The van der Waals surface area contributed by atoms with Crippen LogP contribution in [-0.2, 0) is 5.75 Å². The minimum atomic E-state index is 0.890. The van der Waals surface area contributed by atoms with Crippen LogP contribution in [0.15, 0.2) is 24.3 Å². The second-order valence-electron chi connectivity index (χ2n) is 4.29. The summed E-state index contributed by atoms with van der Waals surface area (Å²) < 4.78 is 0. The molecule has 1 N–H and O–H groups in total. The fourth-order valence-corrected chi connectivity index (χ4v) is 2.76. The van der Waals surface area contributed by atoms with Gasteiger partial charge in [-0.3, -0.25) is 0 Å². The van der Waals surface area contributed by atoms with Crippen molar-refractivity contribution in [2.75, 3.05) is 18.8 Å². The first-order valence-corrected chi connectivity index (χ1v) is 7.41. The van der Waals surface area contributed by atoms with Gasteiger partial charge in [-0.1, -0.05) is 29.8 Å². The highest BCUT2D eigenvalue weighted by atomic mass is 35.5. The third-order valence-electron chi connectivity index (χ3n) is 2.77. The summed E-state index contributed by atoms with van der Waals surface area (Å²) in [6.07, 6.45) is 2.86. The molecule has 0 aromatic heterocycles. The predicted molar refractivity (Wildman–Crippen MR) is 73.2 cm³/mol. The fourth-order valence-electron chi connectivity index (χ4n) is 1.57. The lowest BCUT2D eigenvalue weighted by atomic mass is 10.2. The third-order valence-corrected chi connectivity index (χ3v) is 4.15. The molecule has 3 heteroatoms. The standard InChI is InChI=1S/C13H18ClNS/c14-13-4-2-1-3-12(13)10-16-8-7-15-9-11-5-6-11/h1-4,11,15H,5-10H2. The molecule has 1 aromatic carbocycles. The fraction of sp³-hybridized carbons (Fsp3) is 0.538. The molecule has 1 fully saturated rings. The second-order valence-corrected chi connectivity index (χ2v) is 5.80. The minimum absolute atomic E-state index is 0.890. The van der Waals surface area contributed by atoms with E-state index in [1.807, 2.05) is 30.0 Å². The molecule has 16 heavy (non-hydrogen) atoms. The maximum absolute atomic E-state index is 6.09. The lowest BCUT2D eigenvalue weighted by molar-refractivity contribution is 0.666. The molecule has 1 aliphatic rings. The summed E-state index contributed by atoms with van der Waals surface area (Å²) in [4.78, 5) is 0. The topological polar surface area (TPSA) is 12.0 Å². The molecule has 1 aromatic rings. The van der Waals surface area contributed by atoms with E-state index >= 15 is 0 Å². The first kappa shape index (κ1) is 12.3. The number of benzene rings is 1. The molecule has 2 rings (SSSR count). The van der Waals surface area contributed by atoms with Crippen LogP contribution in [0.3, 0.4) is 0 Å². The Morgan fingerprint density at radius 2 is 2.12 bits per heavy atom. The van der Waals surface area contributed by atoms with Gasteiger partial charge in [0.25, 0.3) is 0 Å². The maximum Gasteiger partial charge on any atom is 0.0446 e. The Bertz CT molecular complexity index is 325. The van der Waals surface area contributed by atoms with Crippen molar-refractivity contribution in [3.8, 4) is 0 Å². The van der Waals surface area contributed by atoms with Gasteiger partial charge in [-0.15, -0.1) is 0 Å². The smallest absolute Gasteiger partial charge is 0.0446 e. The van der Waals surface area contributed by atoms with E-state index < -0.39 is 0 Å². The normalized spacial score (nSPS) is 15.3. The van der Waals surface area contributed by atoms with Gasteiger partial charge < -0.3 is 5.32 Å². The summed E-state index contributed by atoms with van der Waals surface area (Å²) in [5.41, 5.74) is 1.25. The maximum atomic E-state index is 6.09. The Morgan fingerprint density at radius 1 is 1.31 bits per heavy atom. The lowest BCUT2D eigenvalue weighted by Gasteiger charge is -2.05. The van der Waals surface area contributed by atoms with E-state index in [2.05, 4.69) is 11.4 Å². The molecule has 1 nitrogen and oxygen atoms in total. The molecule has 0 radical (unpaired) electrons. The highest BCUT2D eigenvalue weighted by molar-refractivity contribution is 7.98. The van der Waals surface area contributed by atoms with E-state index in [1.165, 1.54) is 24.9 Å². The van der Waals surface area contributed by atoms with Crippen molar-refractivity contribution < 1.29 is 0 Å². The van der Waals surface area contributed by atoms with Gasteiger partial charge in [-0.05, 0) is 36.9 Å². The summed E-state index contributed by atoms with van der Waals surface area (Å²) >= 11 is 8.03. The Kier molecular flexibility index (Phi) is 5.01. The van der Waals surface area contributed by atoms with Gasteiger partial charge in [0.1, 0.15) is 0 Å². The largest absolute Gasteiger partial charge is 0.316 e. The van der Waals surface area contributed by atoms with E-state index in [-0.39, 0.29) is 0 Å². The van der Waals surface area contributed by atoms with E-state index in [1.54, 1.807) is 0 Å². The molecule has 0 unspecified atom stereocenters. The number of nitrogens with one attached hydrogen (secondary N) is 1. The van der Waals surface area contributed by atoms with Crippen molar-refractivity contribution in [2.45, 2.75) is 18.6 Å². The number of rotatable bonds is 7. The highest BCUT2D eigenvalue weighted by Crippen LogP contribution is 2.27. The summed E-state index contributed by atoms with van der Waals surface area (Å²) in [6.45, 7) is 2.33. The number of thioether (sulfide) groups is 1. The molecule has 0 heterocycles. The van der Waals surface area contributed by atoms with E-state index in [0.29, 0.717) is 0 Å². The van der Waals surface area contributed by atoms with Gasteiger partial charge in [-0.25, -0.2) is 0 Å². The van der Waals surface area contributed by atoms with Crippen molar-refractivity contribution in [1.82, 2.24) is 5.32 Å². The predicted octanol–water partition coefficient (Wildman–Crippen LogP) is 3.57. The molecule has 0 aliphatic heterocycles. The van der Waals surface area contributed by atoms with Crippen molar-refractivity contribution >= 4 is 23.4 Å². The van der Waals surface area contributed by atoms with Gasteiger partial charge in [-0.2, -0.15) is 11.8 Å². The van der Waals surface area contributed by atoms with Crippen LogP contribution in [0.2, 0.25) is 5.02 Å². The van der Waals surface area contributed by atoms with Gasteiger partial charge in [0.2, 0.25) is 0 Å². The first-order valence-electron chi connectivity index (χ1n) is 5.88. The van der Waals surface area contributed by atoms with E-state index in [9.17, 15) is 0 Å².